The zero-order valence-corrected chi connectivity index (χ0v) is 15.7. The summed E-state index contributed by atoms with van der Waals surface area (Å²) < 4.78 is 5.41. The van der Waals surface area contributed by atoms with Gasteiger partial charge in [0.05, 0.1) is 12.6 Å². The number of benzene rings is 1. The van der Waals surface area contributed by atoms with Crippen molar-refractivity contribution in [3.05, 3.63) is 24.3 Å². The number of amides is 3. The molecule has 1 N–H and O–H groups in total. The summed E-state index contributed by atoms with van der Waals surface area (Å²) in [4.78, 5) is 27.8. The van der Waals surface area contributed by atoms with Crippen LogP contribution in [-0.4, -0.2) is 60.9 Å². The summed E-state index contributed by atoms with van der Waals surface area (Å²) >= 11 is 11.4. The van der Waals surface area contributed by atoms with E-state index < -0.39 is 0 Å². The van der Waals surface area contributed by atoms with Crippen molar-refractivity contribution in [3.8, 4) is 5.75 Å². The molecule has 1 aliphatic heterocycles. The third kappa shape index (κ3) is 5.41. The van der Waals surface area contributed by atoms with E-state index in [0.717, 1.165) is 11.4 Å². The normalized spacial score (nSPS) is 16.8. The highest BCUT2D eigenvalue weighted by atomic mass is 35.5. The predicted octanol–water partition coefficient (Wildman–Crippen LogP) is 2.68. The molecule has 1 aliphatic rings. The van der Waals surface area contributed by atoms with Gasteiger partial charge in [0, 0.05) is 43.5 Å². The molecule has 8 heteroatoms. The Morgan fingerprint density at radius 2 is 1.92 bits per heavy atom. The lowest BCUT2D eigenvalue weighted by Gasteiger charge is -2.23. The minimum Gasteiger partial charge on any atom is -0.494 e. The third-order valence-corrected chi connectivity index (χ3v) is 4.25. The molecule has 0 spiro atoms. The monoisotopic (exact) mass is 387 g/mol. The summed E-state index contributed by atoms with van der Waals surface area (Å²) in [6.07, 6.45) is 0.272. The van der Waals surface area contributed by atoms with Crippen LogP contribution < -0.4 is 15.0 Å². The summed E-state index contributed by atoms with van der Waals surface area (Å²) in [5.41, 5.74) is 0.795. The molecule has 0 aromatic heterocycles. The number of carbonyl (C=O) groups excluding carboxylic acids is 2. The van der Waals surface area contributed by atoms with E-state index in [4.69, 9.17) is 27.9 Å². The Labute approximate surface area is 158 Å². The van der Waals surface area contributed by atoms with Crippen molar-refractivity contribution in [3.63, 3.8) is 0 Å². The van der Waals surface area contributed by atoms with Crippen molar-refractivity contribution >= 4 is 40.8 Å². The average Bonchev–Trinajstić information content (AvgIpc) is 2.96. The molecule has 1 aromatic rings. The number of carbonyl (C=O) groups is 2. The lowest BCUT2D eigenvalue weighted by molar-refractivity contribution is -0.117. The minimum absolute atomic E-state index is 0.0179. The molecular formula is C17H23Cl2N3O3. The fourth-order valence-corrected chi connectivity index (χ4v) is 3.14. The molecule has 1 fully saturated rings. The molecule has 0 bridgehead atoms. The molecular weight excluding hydrogens is 365 g/mol. The lowest BCUT2D eigenvalue weighted by Crippen LogP contribution is -2.47. The number of halogens is 2. The second-order valence-corrected chi connectivity index (χ2v) is 6.40. The number of hydrogen-bond donors (Lipinski definition) is 1. The highest BCUT2D eigenvalue weighted by Gasteiger charge is 2.32. The molecule has 1 saturated heterocycles. The van der Waals surface area contributed by atoms with Gasteiger partial charge in [0.15, 0.2) is 0 Å². The number of nitrogens with zero attached hydrogens (tertiary/aromatic N) is 2. The third-order valence-electron chi connectivity index (χ3n) is 3.91. The van der Waals surface area contributed by atoms with Crippen LogP contribution in [0, 0.1) is 0 Å². The molecule has 138 valence electrons. The quantitative estimate of drug-likeness (QED) is 0.697. The molecule has 0 aliphatic carbocycles. The maximum absolute atomic E-state index is 12.3. The van der Waals surface area contributed by atoms with Crippen LogP contribution in [0.3, 0.4) is 0 Å². The number of nitrogens with one attached hydrogen (secondary N) is 1. The molecule has 0 saturated carbocycles. The van der Waals surface area contributed by atoms with E-state index in [1.54, 1.807) is 9.80 Å². The second kappa shape index (κ2) is 9.73. The Morgan fingerprint density at radius 3 is 2.48 bits per heavy atom. The van der Waals surface area contributed by atoms with Crippen LogP contribution in [-0.2, 0) is 4.79 Å². The lowest BCUT2D eigenvalue weighted by atomic mass is 10.2. The van der Waals surface area contributed by atoms with Crippen LogP contribution in [0.2, 0.25) is 0 Å². The van der Waals surface area contributed by atoms with Crippen molar-refractivity contribution in [2.45, 2.75) is 19.4 Å². The number of hydrogen-bond acceptors (Lipinski definition) is 3. The number of rotatable bonds is 8. The first-order chi connectivity index (χ1) is 12.1. The van der Waals surface area contributed by atoms with Crippen molar-refractivity contribution in [2.24, 2.45) is 0 Å². The summed E-state index contributed by atoms with van der Waals surface area (Å²) in [7, 11) is 0. The van der Waals surface area contributed by atoms with Crippen LogP contribution in [0.4, 0.5) is 10.5 Å². The molecule has 1 atom stereocenters. The van der Waals surface area contributed by atoms with Gasteiger partial charge in [-0.05, 0) is 31.2 Å². The SMILES string of the molecule is CCOc1ccc(N2C[C@H](NC(=O)N(CCCl)CCCl)CC2=O)cc1. The van der Waals surface area contributed by atoms with Gasteiger partial charge >= 0.3 is 6.03 Å². The Hall–Kier alpha value is -1.66. The standard InChI is InChI=1S/C17H23Cl2N3O3/c1-2-25-15-5-3-14(4-6-15)22-12-13(11-16(22)23)20-17(24)21(9-7-18)10-8-19/h3-6,13H,2,7-12H2,1H3,(H,20,24)/t13-/m1/s1. The minimum atomic E-state index is -0.243. The van der Waals surface area contributed by atoms with Gasteiger partial charge in [-0.25, -0.2) is 4.79 Å². The van der Waals surface area contributed by atoms with Crippen LogP contribution in [0.15, 0.2) is 24.3 Å². The Balaban J connectivity index is 1.96. The van der Waals surface area contributed by atoms with Crippen molar-refractivity contribution < 1.29 is 14.3 Å². The molecule has 1 aromatic carbocycles. The van der Waals surface area contributed by atoms with Gasteiger partial charge in [-0.2, -0.15) is 0 Å². The first-order valence-corrected chi connectivity index (χ1v) is 9.36. The van der Waals surface area contributed by atoms with Crippen LogP contribution >= 0.6 is 23.2 Å². The van der Waals surface area contributed by atoms with E-state index in [0.29, 0.717) is 38.0 Å². The first-order valence-electron chi connectivity index (χ1n) is 8.29. The smallest absolute Gasteiger partial charge is 0.317 e. The van der Waals surface area contributed by atoms with E-state index in [9.17, 15) is 9.59 Å². The zero-order chi connectivity index (χ0) is 18.2. The van der Waals surface area contributed by atoms with Gasteiger partial charge in [0.2, 0.25) is 5.91 Å². The van der Waals surface area contributed by atoms with Crippen molar-refractivity contribution in [1.82, 2.24) is 10.2 Å². The van der Waals surface area contributed by atoms with E-state index in [-0.39, 0.29) is 24.4 Å². The van der Waals surface area contributed by atoms with Gasteiger partial charge in [-0.15, -0.1) is 23.2 Å². The highest BCUT2D eigenvalue weighted by molar-refractivity contribution is 6.18. The van der Waals surface area contributed by atoms with Gasteiger partial charge in [0.1, 0.15) is 5.75 Å². The van der Waals surface area contributed by atoms with Crippen molar-refractivity contribution in [2.75, 3.05) is 42.9 Å². The summed E-state index contributed by atoms with van der Waals surface area (Å²) in [5, 5.41) is 2.89. The molecule has 25 heavy (non-hydrogen) atoms. The maximum Gasteiger partial charge on any atom is 0.317 e. The Morgan fingerprint density at radius 1 is 1.28 bits per heavy atom. The fraction of sp³-hybridized carbons (Fsp3) is 0.529. The molecule has 3 amide bonds. The summed E-state index contributed by atoms with van der Waals surface area (Å²) in [6.45, 7) is 3.79. The van der Waals surface area contributed by atoms with Gasteiger partial charge in [-0.3, -0.25) is 4.79 Å². The van der Waals surface area contributed by atoms with Gasteiger partial charge < -0.3 is 19.9 Å². The molecule has 0 unspecified atom stereocenters. The summed E-state index contributed by atoms with van der Waals surface area (Å²) in [5.74, 6) is 1.43. The summed E-state index contributed by atoms with van der Waals surface area (Å²) in [6, 6.07) is 6.88. The Bertz CT molecular complexity index is 577. The number of anilines is 1. The van der Waals surface area contributed by atoms with Crippen LogP contribution in [0.25, 0.3) is 0 Å². The Kier molecular flexibility index (Phi) is 7.65. The first kappa shape index (κ1) is 19.7. The number of urea groups is 1. The van der Waals surface area contributed by atoms with E-state index in [1.807, 2.05) is 31.2 Å². The van der Waals surface area contributed by atoms with E-state index >= 15 is 0 Å². The molecule has 0 radical (unpaired) electrons. The van der Waals surface area contributed by atoms with Gasteiger partial charge in [-0.1, -0.05) is 0 Å². The average molecular weight is 388 g/mol. The number of ether oxygens (including phenoxy) is 1. The van der Waals surface area contributed by atoms with Gasteiger partial charge in [0.25, 0.3) is 0 Å². The van der Waals surface area contributed by atoms with E-state index in [1.165, 1.54) is 0 Å². The molecule has 6 nitrogen and oxygen atoms in total. The van der Waals surface area contributed by atoms with Crippen LogP contribution in [0.1, 0.15) is 13.3 Å². The molecule has 1 heterocycles. The predicted molar refractivity (Wildman–Crippen MR) is 99.9 cm³/mol. The zero-order valence-electron chi connectivity index (χ0n) is 14.2. The topological polar surface area (TPSA) is 61.9 Å². The number of alkyl halides is 2. The van der Waals surface area contributed by atoms with E-state index in [2.05, 4.69) is 5.32 Å². The van der Waals surface area contributed by atoms with Crippen molar-refractivity contribution in [1.29, 1.82) is 0 Å². The fourth-order valence-electron chi connectivity index (χ4n) is 2.73. The maximum atomic E-state index is 12.3. The largest absolute Gasteiger partial charge is 0.494 e. The second-order valence-electron chi connectivity index (χ2n) is 5.65. The highest BCUT2D eigenvalue weighted by Crippen LogP contribution is 2.24. The molecule has 2 rings (SSSR count). The van der Waals surface area contributed by atoms with Crippen LogP contribution in [0.5, 0.6) is 5.75 Å².